The fourth-order valence-electron chi connectivity index (χ4n) is 1.96. The van der Waals surface area contributed by atoms with Crippen molar-refractivity contribution in [3.05, 3.63) is 36.4 Å². The standard InChI is InChI=1S/C16H25NO2/c1-4-5-6-7-8-12-19-16-14(13-17-2)10-9-11-15(16)18-3/h4,9-11,17H,1,5-8,12-13H2,2-3H3. The van der Waals surface area contributed by atoms with Crippen LogP contribution in [0.2, 0.25) is 0 Å². The fraction of sp³-hybridized carbons (Fsp3) is 0.500. The molecule has 106 valence electrons. The lowest BCUT2D eigenvalue weighted by Gasteiger charge is -2.14. The van der Waals surface area contributed by atoms with Crippen LogP contribution < -0.4 is 14.8 Å². The SMILES string of the molecule is C=CCCCCCOc1c(CNC)cccc1OC. The van der Waals surface area contributed by atoms with Gasteiger partial charge in [0.2, 0.25) is 0 Å². The molecule has 19 heavy (non-hydrogen) atoms. The summed E-state index contributed by atoms with van der Waals surface area (Å²) in [7, 11) is 3.61. The van der Waals surface area contributed by atoms with Crippen LogP contribution in [-0.4, -0.2) is 20.8 Å². The minimum Gasteiger partial charge on any atom is -0.493 e. The highest BCUT2D eigenvalue weighted by Gasteiger charge is 2.09. The van der Waals surface area contributed by atoms with E-state index in [1.165, 1.54) is 12.8 Å². The third kappa shape index (κ3) is 5.35. The number of hydrogen-bond donors (Lipinski definition) is 1. The predicted molar refractivity (Wildman–Crippen MR) is 79.9 cm³/mol. The van der Waals surface area contributed by atoms with E-state index >= 15 is 0 Å². The molecule has 0 spiro atoms. The Labute approximate surface area is 116 Å². The van der Waals surface area contributed by atoms with Gasteiger partial charge in [-0.3, -0.25) is 0 Å². The van der Waals surface area contributed by atoms with Crippen LogP contribution in [0.4, 0.5) is 0 Å². The van der Waals surface area contributed by atoms with Crippen molar-refractivity contribution in [2.24, 2.45) is 0 Å². The highest BCUT2D eigenvalue weighted by Crippen LogP contribution is 2.31. The Kier molecular flexibility index (Phi) is 7.75. The summed E-state index contributed by atoms with van der Waals surface area (Å²) in [6.45, 7) is 5.24. The van der Waals surface area contributed by atoms with E-state index in [1.54, 1.807) is 7.11 Å². The predicted octanol–water partition coefficient (Wildman–Crippen LogP) is 3.54. The molecule has 0 saturated heterocycles. The maximum Gasteiger partial charge on any atom is 0.165 e. The zero-order valence-electron chi connectivity index (χ0n) is 12.1. The highest BCUT2D eigenvalue weighted by atomic mass is 16.5. The van der Waals surface area contributed by atoms with Crippen LogP contribution in [0.25, 0.3) is 0 Å². The Balaban J connectivity index is 2.52. The number of allylic oxidation sites excluding steroid dienone is 1. The minimum atomic E-state index is 0.730. The molecule has 1 aromatic carbocycles. The summed E-state index contributed by atoms with van der Waals surface area (Å²) in [5, 5.41) is 3.15. The van der Waals surface area contributed by atoms with Crippen molar-refractivity contribution < 1.29 is 9.47 Å². The fourth-order valence-corrected chi connectivity index (χ4v) is 1.96. The Morgan fingerprint density at radius 1 is 1.26 bits per heavy atom. The van der Waals surface area contributed by atoms with Gasteiger partial charge in [0.25, 0.3) is 0 Å². The average Bonchev–Trinajstić information content (AvgIpc) is 2.44. The summed E-state index contributed by atoms with van der Waals surface area (Å²) in [6, 6.07) is 5.99. The molecule has 0 bridgehead atoms. The first-order valence-corrected chi connectivity index (χ1v) is 6.87. The topological polar surface area (TPSA) is 30.5 Å². The van der Waals surface area contributed by atoms with Crippen molar-refractivity contribution in [1.82, 2.24) is 5.32 Å². The van der Waals surface area contributed by atoms with Crippen LogP contribution in [0, 0.1) is 0 Å². The van der Waals surface area contributed by atoms with Crippen LogP contribution in [0.3, 0.4) is 0 Å². The van der Waals surface area contributed by atoms with E-state index in [4.69, 9.17) is 9.47 Å². The Morgan fingerprint density at radius 3 is 2.79 bits per heavy atom. The van der Waals surface area contributed by atoms with Gasteiger partial charge in [-0.25, -0.2) is 0 Å². The van der Waals surface area contributed by atoms with Gasteiger partial charge in [-0.2, -0.15) is 0 Å². The van der Waals surface area contributed by atoms with Crippen molar-refractivity contribution in [3.8, 4) is 11.5 Å². The number of ether oxygens (including phenoxy) is 2. The van der Waals surface area contributed by atoms with Gasteiger partial charge in [-0.1, -0.05) is 18.2 Å². The molecule has 0 radical (unpaired) electrons. The molecule has 0 aliphatic rings. The largest absolute Gasteiger partial charge is 0.493 e. The smallest absolute Gasteiger partial charge is 0.165 e. The van der Waals surface area contributed by atoms with E-state index in [0.717, 1.165) is 43.1 Å². The number of nitrogens with one attached hydrogen (secondary N) is 1. The quantitative estimate of drug-likeness (QED) is 0.517. The van der Waals surface area contributed by atoms with Gasteiger partial charge >= 0.3 is 0 Å². The lowest BCUT2D eigenvalue weighted by Crippen LogP contribution is -2.09. The summed E-state index contributed by atoms with van der Waals surface area (Å²) >= 11 is 0. The van der Waals surface area contributed by atoms with Crippen LogP contribution in [0.5, 0.6) is 11.5 Å². The molecule has 3 nitrogen and oxygen atoms in total. The van der Waals surface area contributed by atoms with Gasteiger partial charge in [0, 0.05) is 12.1 Å². The highest BCUT2D eigenvalue weighted by molar-refractivity contribution is 5.46. The molecule has 3 heteroatoms. The van der Waals surface area contributed by atoms with Gasteiger partial charge in [0.05, 0.1) is 13.7 Å². The van der Waals surface area contributed by atoms with Crippen molar-refractivity contribution >= 4 is 0 Å². The first-order chi connectivity index (χ1) is 9.33. The van der Waals surface area contributed by atoms with Crippen molar-refractivity contribution in [1.29, 1.82) is 0 Å². The maximum absolute atomic E-state index is 5.90. The Hall–Kier alpha value is -1.48. The molecular weight excluding hydrogens is 238 g/mol. The number of hydrogen-bond acceptors (Lipinski definition) is 3. The molecule has 0 heterocycles. The summed E-state index contributed by atoms with van der Waals surface area (Å²) in [5.41, 5.74) is 1.13. The van der Waals surface area contributed by atoms with Gasteiger partial charge in [0.1, 0.15) is 0 Å². The molecule has 0 aliphatic heterocycles. The molecule has 0 fully saturated rings. The second-order valence-corrected chi connectivity index (χ2v) is 4.47. The van der Waals surface area contributed by atoms with Crippen molar-refractivity contribution in [2.75, 3.05) is 20.8 Å². The van der Waals surface area contributed by atoms with Gasteiger partial charge in [0.15, 0.2) is 11.5 Å². The van der Waals surface area contributed by atoms with Crippen molar-refractivity contribution in [3.63, 3.8) is 0 Å². The zero-order valence-corrected chi connectivity index (χ0v) is 12.1. The van der Waals surface area contributed by atoms with Crippen LogP contribution in [0.15, 0.2) is 30.9 Å². The molecule has 0 unspecified atom stereocenters. The van der Waals surface area contributed by atoms with Gasteiger partial charge < -0.3 is 14.8 Å². The lowest BCUT2D eigenvalue weighted by atomic mass is 10.1. The first kappa shape index (κ1) is 15.6. The van der Waals surface area contributed by atoms with Crippen LogP contribution in [-0.2, 0) is 6.54 Å². The lowest BCUT2D eigenvalue weighted by molar-refractivity contribution is 0.282. The summed E-state index contributed by atoms with van der Waals surface area (Å²) < 4.78 is 11.3. The number of benzene rings is 1. The van der Waals surface area contributed by atoms with Crippen LogP contribution in [0.1, 0.15) is 31.2 Å². The Bertz CT molecular complexity index is 377. The molecule has 0 saturated carbocycles. The van der Waals surface area contributed by atoms with E-state index in [2.05, 4.69) is 18.0 Å². The molecular formula is C16H25NO2. The second kappa shape index (κ2) is 9.45. The molecule has 0 aromatic heterocycles. The van der Waals surface area contributed by atoms with E-state index in [-0.39, 0.29) is 0 Å². The molecule has 1 N–H and O–H groups in total. The normalized spacial score (nSPS) is 10.2. The third-order valence-corrected chi connectivity index (χ3v) is 2.95. The number of unbranched alkanes of at least 4 members (excludes halogenated alkanes) is 3. The van der Waals surface area contributed by atoms with E-state index in [0.29, 0.717) is 0 Å². The number of para-hydroxylation sites is 1. The molecule has 1 rings (SSSR count). The van der Waals surface area contributed by atoms with Crippen molar-refractivity contribution in [2.45, 2.75) is 32.2 Å². The zero-order chi connectivity index (χ0) is 13.9. The number of rotatable bonds is 10. The second-order valence-electron chi connectivity index (χ2n) is 4.47. The molecule has 1 aromatic rings. The van der Waals surface area contributed by atoms with Gasteiger partial charge in [-0.15, -0.1) is 6.58 Å². The third-order valence-electron chi connectivity index (χ3n) is 2.95. The number of methoxy groups -OCH3 is 1. The Morgan fingerprint density at radius 2 is 2.11 bits per heavy atom. The van der Waals surface area contributed by atoms with E-state index < -0.39 is 0 Å². The summed E-state index contributed by atoms with van der Waals surface area (Å²) in [6.07, 6.45) is 6.46. The molecule has 0 amide bonds. The van der Waals surface area contributed by atoms with E-state index in [1.807, 2.05) is 25.3 Å². The minimum absolute atomic E-state index is 0.730. The summed E-state index contributed by atoms with van der Waals surface area (Å²) in [5.74, 6) is 1.67. The molecule has 0 aliphatic carbocycles. The monoisotopic (exact) mass is 263 g/mol. The molecule has 0 atom stereocenters. The van der Waals surface area contributed by atoms with Gasteiger partial charge in [-0.05, 0) is 38.8 Å². The van der Waals surface area contributed by atoms with E-state index in [9.17, 15) is 0 Å². The summed E-state index contributed by atoms with van der Waals surface area (Å²) in [4.78, 5) is 0. The maximum atomic E-state index is 5.90. The van der Waals surface area contributed by atoms with Crippen LogP contribution >= 0.6 is 0 Å². The first-order valence-electron chi connectivity index (χ1n) is 6.87. The average molecular weight is 263 g/mol.